The van der Waals surface area contributed by atoms with Crippen molar-refractivity contribution in [2.45, 2.75) is 57.0 Å². The summed E-state index contributed by atoms with van der Waals surface area (Å²) < 4.78 is 27.0. The molecule has 0 bridgehead atoms. The van der Waals surface area contributed by atoms with Crippen LogP contribution in [0, 0.1) is 5.92 Å². The maximum atomic E-state index is 12.2. The van der Waals surface area contributed by atoms with Crippen molar-refractivity contribution in [3.05, 3.63) is 29.8 Å². The van der Waals surface area contributed by atoms with Gasteiger partial charge in [0, 0.05) is 17.1 Å². The number of carbonyl (C=O) groups is 1. The van der Waals surface area contributed by atoms with Gasteiger partial charge in [-0.1, -0.05) is 0 Å². The molecule has 1 saturated carbocycles. The predicted molar refractivity (Wildman–Crippen MR) is 86.2 cm³/mol. The van der Waals surface area contributed by atoms with E-state index in [4.69, 9.17) is 0 Å². The molecule has 1 aromatic rings. The van der Waals surface area contributed by atoms with E-state index in [1.54, 1.807) is 32.9 Å². The minimum absolute atomic E-state index is 0.160. The highest BCUT2D eigenvalue weighted by atomic mass is 32.2. The predicted octanol–water partition coefficient (Wildman–Crippen LogP) is 2.29. The second-order valence-corrected chi connectivity index (χ2v) is 8.66. The Labute approximate surface area is 132 Å². The maximum Gasteiger partial charge on any atom is 0.251 e. The number of hydrogen-bond donors (Lipinski definition) is 2. The maximum absolute atomic E-state index is 12.2. The number of sulfonamides is 1. The third-order valence-electron chi connectivity index (χ3n) is 3.56. The van der Waals surface area contributed by atoms with E-state index >= 15 is 0 Å². The summed E-state index contributed by atoms with van der Waals surface area (Å²) in [7, 11) is -3.57. The molecule has 2 rings (SSSR count). The van der Waals surface area contributed by atoms with Crippen LogP contribution in [0.3, 0.4) is 0 Å². The van der Waals surface area contributed by atoms with Crippen LogP contribution in [-0.2, 0) is 10.0 Å². The van der Waals surface area contributed by atoms with Gasteiger partial charge >= 0.3 is 0 Å². The number of amides is 1. The number of hydrogen-bond acceptors (Lipinski definition) is 3. The molecule has 1 unspecified atom stereocenters. The number of nitrogens with one attached hydrogen (secondary N) is 2. The zero-order valence-electron chi connectivity index (χ0n) is 13.5. The molecule has 1 atom stereocenters. The van der Waals surface area contributed by atoms with Gasteiger partial charge in [0.15, 0.2) is 0 Å². The zero-order chi connectivity index (χ0) is 16.5. The standard InChI is InChI=1S/C16H24N2O3S/c1-11(12-5-6-12)17-15(19)13-7-9-14(10-8-13)22(20,21)18-16(2,3)4/h7-12,18H,5-6H2,1-4H3,(H,17,19). The molecule has 1 fully saturated rings. The van der Waals surface area contributed by atoms with E-state index < -0.39 is 15.6 Å². The smallest absolute Gasteiger partial charge is 0.251 e. The molecule has 0 spiro atoms. The highest BCUT2D eigenvalue weighted by Crippen LogP contribution is 2.32. The van der Waals surface area contributed by atoms with Crippen LogP contribution in [0.15, 0.2) is 29.2 Å². The first-order valence-electron chi connectivity index (χ1n) is 7.53. The summed E-state index contributed by atoms with van der Waals surface area (Å²) in [6.07, 6.45) is 2.33. The first-order chi connectivity index (χ1) is 10.1. The van der Waals surface area contributed by atoms with Gasteiger partial charge in [-0.2, -0.15) is 0 Å². The summed E-state index contributed by atoms with van der Waals surface area (Å²) in [5, 5.41) is 2.95. The lowest BCUT2D eigenvalue weighted by Crippen LogP contribution is -2.40. The van der Waals surface area contributed by atoms with E-state index in [1.807, 2.05) is 6.92 Å². The lowest BCUT2D eigenvalue weighted by molar-refractivity contribution is 0.0935. The fraction of sp³-hybridized carbons (Fsp3) is 0.562. The Morgan fingerprint density at radius 2 is 1.73 bits per heavy atom. The Balaban J connectivity index is 2.07. The Hall–Kier alpha value is -1.40. The molecule has 0 saturated heterocycles. The highest BCUT2D eigenvalue weighted by Gasteiger charge is 2.29. The van der Waals surface area contributed by atoms with E-state index in [9.17, 15) is 13.2 Å². The zero-order valence-corrected chi connectivity index (χ0v) is 14.3. The van der Waals surface area contributed by atoms with Gasteiger partial charge in [0.2, 0.25) is 10.0 Å². The van der Waals surface area contributed by atoms with E-state index in [0.29, 0.717) is 11.5 Å². The van der Waals surface area contributed by atoms with Crippen molar-refractivity contribution in [3.8, 4) is 0 Å². The van der Waals surface area contributed by atoms with Crippen LogP contribution in [0.1, 0.15) is 50.9 Å². The summed E-state index contributed by atoms with van der Waals surface area (Å²) in [5.41, 5.74) is -0.0728. The fourth-order valence-electron chi connectivity index (χ4n) is 2.25. The molecule has 0 aliphatic heterocycles. The largest absolute Gasteiger partial charge is 0.349 e. The van der Waals surface area contributed by atoms with Crippen molar-refractivity contribution in [2.75, 3.05) is 0 Å². The molecule has 6 heteroatoms. The van der Waals surface area contributed by atoms with Gasteiger partial charge in [-0.25, -0.2) is 13.1 Å². The van der Waals surface area contributed by atoms with Crippen molar-refractivity contribution < 1.29 is 13.2 Å². The Morgan fingerprint density at radius 3 is 2.18 bits per heavy atom. The van der Waals surface area contributed by atoms with Crippen LogP contribution >= 0.6 is 0 Å². The second-order valence-electron chi connectivity index (χ2n) is 6.98. The monoisotopic (exact) mass is 324 g/mol. The van der Waals surface area contributed by atoms with Gasteiger partial charge in [-0.05, 0) is 70.7 Å². The van der Waals surface area contributed by atoms with Gasteiger partial charge in [-0.3, -0.25) is 4.79 Å². The summed E-state index contributed by atoms with van der Waals surface area (Å²) in [6, 6.07) is 6.19. The van der Waals surface area contributed by atoms with Crippen molar-refractivity contribution in [3.63, 3.8) is 0 Å². The molecule has 0 radical (unpaired) electrons. The third-order valence-corrected chi connectivity index (χ3v) is 5.33. The molecular formula is C16H24N2O3S. The Bertz CT molecular complexity index is 641. The first-order valence-corrected chi connectivity index (χ1v) is 9.02. The average Bonchev–Trinajstić information content (AvgIpc) is 3.20. The van der Waals surface area contributed by atoms with Gasteiger partial charge in [-0.15, -0.1) is 0 Å². The normalized spacial score (nSPS) is 17.1. The van der Waals surface area contributed by atoms with Crippen LogP contribution in [0.4, 0.5) is 0 Å². The van der Waals surface area contributed by atoms with E-state index in [-0.39, 0.29) is 16.8 Å². The van der Waals surface area contributed by atoms with E-state index in [1.165, 1.54) is 12.1 Å². The molecule has 0 heterocycles. The molecule has 1 aromatic carbocycles. The highest BCUT2D eigenvalue weighted by molar-refractivity contribution is 7.89. The SMILES string of the molecule is CC(NC(=O)c1ccc(S(=O)(=O)NC(C)(C)C)cc1)C1CC1. The van der Waals surface area contributed by atoms with Crippen molar-refractivity contribution in [1.82, 2.24) is 10.0 Å². The molecule has 1 aliphatic rings. The fourth-order valence-corrected chi connectivity index (χ4v) is 3.67. The van der Waals surface area contributed by atoms with E-state index in [0.717, 1.165) is 12.8 Å². The Kier molecular flexibility index (Phi) is 4.63. The summed E-state index contributed by atoms with van der Waals surface area (Å²) >= 11 is 0. The molecule has 1 amide bonds. The number of benzene rings is 1. The average molecular weight is 324 g/mol. The lowest BCUT2D eigenvalue weighted by atomic mass is 10.1. The molecule has 5 nitrogen and oxygen atoms in total. The summed E-state index contributed by atoms with van der Waals surface area (Å²) in [4.78, 5) is 12.3. The lowest BCUT2D eigenvalue weighted by Gasteiger charge is -2.20. The van der Waals surface area contributed by atoms with Gasteiger partial charge in [0.05, 0.1) is 4.90 Å². The molecule has 1 aliphatic carbocycles. The number of carbonyl (C=O) groups excluding carboxylic acids is 1. The quantitative estimate of drug-likeness (QED) is 0.872. The molecule has 0 aromatic heterocycles. The van der Waals surface area contributed by atoms with Gasteiger partial charge < -0.3 is 5.32 Å². The van der Waals surface area contributed by atoms with Crippen LogP contribution < -0.4 is 10.0 Å². The molecular weight excluding hydrogens is 300 g/mol. The van der Waals surface area contributed by atoms with Crippen molar-refractivity contribution >= 4 is 15.9 Å². The van der Waals surface area contributed by atoms with Crippen molar-refractivity contribution in [2.24, 2.45) is 5.92 Å². The Morgan fingerprint density at radius 1 is 1.18 bits per heavy atom. The molecule has 122 valence electrons. The minimum Gasteiger partial charge on any atom is -0.349 e. The summed E-state index contributed by atoms with van der Waals surface area (Å²) in [6.45, 7) is 7.35. The first kappa shape index (κ1) is 17.0. The second kappa shape index (κ2) is 6.01. The van der Waals surface area contributed by atoms with Gasteiger partial charge in [0.1, 0.15) is 0 Å². The van der Waals surface area contributed by atoms with Gasteiger partial charge in [0.25, 0.3) is 5.91 Å². The topological polar surface area (TPSA) is 75.3 Å². The minimum atomic E-state index is -3.57. The van der Waals surface area contributed by atoms with Crippen molar-refractivity contribution in [1.29, 1.82) is 0 Å². The molecule has 22 heavy (non-hydrogen) atoms. The van der Waals surface area contributed by atoms with Crippen LogP contribution in [0.5, 0.6) is 0 Å². The van der Waals surface area contributed by atoms with Crippen LogP contribution in [0.2, 0.25) is 0 Å². The van der Waals surface area contributed by atoms with Crippen LogP contribution in [0.25, 0.3) is 0 Å². The summed E-state index contributed by atoms with van der Waals surface area (Å²) in [5.74, 6) is 0.423. The van der Waals surface area contributed by atoms with E-state index in [2.05, 4.69) is 10.0 Å². The van der Waals surface area contributed by atoms with Crippen LogP contribution in [-0.4, -0.2) is 25.9 Å². The molecule has 2 N–H and O–H groups in total. The number of rotatable bonds is 5. The third kappa shape index (κ3) is 4.55.